The third kappa shape index (κ3) is 7.61. The first-order valence-corrected chi connectivity index (χ1v) is 13.1. The largest absolute Gasteiger partial charge is 0.416 e. The first-order chi connectivity index (χ1) is 17.3. The minimum atomic E-state index is -4.57. The van der Waals surface area contributed by atoms with Crippen LogP contribution in [0, 0.1) is 11.3 Å². The number of aliphatic hydroxyl groups is 1. The van der Waals surface area contributed by atoms with Crippen molar-refractivity contribution in [2.45, 2.75) is 76.6 Å². The number of thiazole rings is 1. The number of carbonyl (C=O) groups is 2. The Kier molecular flexibility index (Phi) is 9.12. The molecule has 0 spiro atoms. The van der Waals surface area contributed by atoms with Gasteiger partial charge < -0.3 is 21.1 Å². The topological polar surface area (TPSA) is 115 Å². The second kappa shape index (κ2) is 11.7. The summed E-state index contributed by atoms with van der Waals surface area (Å²) in [5, 5.41) is 25.7. The fraction of sp³-hybridized carbons (Fsp3) is 0.538. The van der Waals surface area contributed by atoms with E-state index in [9.17, 15) is 27.9 Å². The summed E-state index contributed by atoms with van der Waals surface area (Å²) < 4.78 is 38.5. The zero-order chi connectivity index (χ0) is 27.4. The highest BCUT2D eigenvalue weighted by Crippen LogP contribution is 2.43. The molecule has 1 aliphatic rings. The molecule has 11 heteroatoms. The Morgan fingerprint density at radius 3 is 2.51 bits per heavy atom. The van der Waals surface area contributed by atoms with E-state index in [1.54, 1.807) is 13.1 Å². The molecule has 0 saturated heterocycles. The molecule has 0 bridgehead atoms. The Morgan fingerprint density at radius 2 is 1.92 bits per heavy atom. The SMILES string of the molecule is CC(C)c1ncc(C2(O)CCC(C(=N)C[C@@H](C)NC(=O)CNC(=O)c3cccc(C(F)(F)F)c3)CC2)s1. The van der Waals surface area contributed by atoms with E-state index in [4.69, 9.17) is 5.41 Å². The van der Waals surface area contributed by atoms with Gasteiger partial charge in [-0.3, -0.25) is 9.59 Å². The predicted octanol–water partition coefficient (Wildman–Crippen LogP) is 5.01. The lowest BCUT2D eigenvalue weighted by molar-refractivity contribution is -0.137. The highest BCUT2D eigenvalue weighted by Gasteiger charge is 2.38. The molecule has 3 rings (SSSR count). The van der Waals surface area contributed by atoms with Crippen LogP contribution in [0.2, 0.25) is 0 Å². The van der Waals surface area contributed by atoms with E-state index in [-0.39, 0.29) is 17.5 Å². The van der Waals surface area contributed by atoms with Crippen LogP contribution in [0.15, 0.2) is 30.5 Å². The van der Waals surface area contributed by atoms with Crippen molar-refractivity contribution >= 4 is 28.9 Å². The van der Waals surface area contributed by atoms with Gasteiger partial charge in [0.2, 0.25) is 5.91 Å². The van der Waals surface area contributed by atoms with Crippen LogP contribution >= 0.6 is 11.3 Å². The molecule has 1 heterocycles. The molecule has 1 aromatic carbocycles. The van der Waals surface area contributed by atoms with Crippen molar-refractivity contribution in [2.24, 2.45) is 5.92 Å². The Bertz CT molecular complexity index is 1120. The second-order valence-electron chi connectivity index (χ2n) is 9.98. The van der Waals surface area contributed by atoms with Crippen molar-refractivity contribution < 1.29 is 27.9 Å². The molecule has 7 nitrogen and oxygen atoms in total. The molecule has 1 atom stereocenters. The summed E-state index contributed by atoms with van der Waals surface area (Å²) in [6.45, 7) is 5.49. The molecule has 0 radical (unpaired) electrons. The lowest BCUT2D eigenvalue weighted by Crippen LogP contribution is -2.42. The van der Waals surface area contributed by atoms with Gasteiger partial charge in [-0.1, -0.05) is 19.9 Å². The van der Waals surface area contributed by atoms with E-state index in [0.29, 0.717) is 43.7 Å². The van der Waals surface area contributed by atoms with E-state index in [0.717, 1.165) is 28.1 Å². The van der Waals surface area contributed by atoms with E-state index < -0.39 is 35.7 Å². The van der Waals surface area contributed by atoms with Crippen molar-refractivity contribution in [1.82, 2.24) is 15.6 Å². The van der Waals surface area contributed by atoms with Crippen molar-refractivity contribution in [3.05, 3.63) is 51.5 Å². The van der Waals surface area contributed by atoms with Gasteiger partial charge in [0.1, 0.15) is 5.60 Å². The van der Waals surface area contributed by atoms with E-state index >= 15 is 0 Å². The fourth-order valence-corrected chi connectivity index (χ4v) is 5.50. The van der Waals surface area contributed by atoms with Crippen LogP contribution in [0.1, 0.15) is 84.6 Å². The smallest absolute Gasteiger partial charge is 0.384 e. The second-order valence-corrected chi connectivity index (χ2v) is 11.0. The standard InChI is InChI=1S/C26H33F3N4O3S/c1-15(2)24-32-13-21(37-24)25(36)9-7-17(8-10-25)20(30)11-16(3)33-22(34)14-31-23(35)18-5-4-6-19(12-18)26(27,28)29/h4-6,12-13,15-17,30,36H,7-11,14H2,1-3H3,(H,31,35)(H,33,34)/t16-,17?,25?/m1/s1. The van der Waals surface area contributed by atoms with Crippen LogP contribution in [0.25, 0.3) is 0 Å². The number of hydrogen-bond donors (Lipinski definition) is 4. The van der Waals surface area contributed by atoms with Crippen LogP contribution in [-0.2, 0) is 16.6 Å². The first kappa shape index (κ1) is 28.8. The quantitative estimate of drug-likeness (QED) is 0.336. The van der Waals surface area contributed by atoms with E-state index in [1.807, 2.05) is 0 Å². The zero-order valence-corrected chi connectivity index (χ0v) is 21.9. The average molecular weight is 539 g/mol. The van der Waals surface area contributed by atoms with Crippen LogP contribution in [0.5, 0.6) is 0 Å². The zero-order valence-electron chi connectivity index (χ0n) is 21.1. The minimum Gasteiger partial charge on any atom is -0.384 e. The molecule has 37 heavy (non-hydrogen) atoms. The summed E-state index contributed by atoms with van der Waals surface area (Å²) in [6.07, 6.45) is -0.0629. The monoisotopic (exact) mass is 538 g/mol. The number of nitrogens with zero attached hydrogens (tertiary/aromatic N) is 1. The first-order valence-electron chi connectivity index (χ1n) is 12.3. The van der Waals surface area contributed by atoms with Crippen molar-refractivity contribution in [2.75, 3.05) is 6.54 Å². The molecule has 1 fully saturated rings. The van der Waals surface area contributed by atoms with Crippen LogP contribution in [-0.4, -0.2) is 40.2 Å². The van der Waals surface area contributed by atoms with Gasteiger partial charge in [0.15, 0.2) is 0 Å². The maximum Gasteiger partial charge on any atom is 0.416 e. The van der Waals surface area contributed by atoms with Gasteiger partial charge in [0, 0.05) is 35.9 Å². The third-order valence-electron chi connectivity index (χ3n) is 6.58. The van der Waals surface area contributed by atoms with Crippen LogP contribution in [0.3, 0.4) is 0 Å². The molecule has 2 aromatic rings. The van der Waals surface area contributed by atoms with Crippen molar-refractivity contribution in [1.29, 1.82) is 5.41 Å². The van der Waals surface area contributed by atoms with Crippen LogP contribution < -0.4 is 10.6 Å². The summed E-state index contributed by atoms with van der Waals surface area (Å²) in [7, 11) is 0. The molecule has 1 saturated carbocycles. The lowest BCUT2D eigenvalue weighted by atomic mass is 9.75. The van der Waals surface area contributed by atoms with Gasteiger partial charge in [-0.15, -0.1) is 11.3 Å². The maximum atomic E-state index is 12.8. The highest BCUT2D eigenvalue weighted by molar-refractivity contribution is 7.11. The average Bonchev–Trinajstić information content (AvgIpc) is 3.34. The van der Waals surface area contributed by atoms with Gasteiger partial charge in [-0.2, -0.15) is 13.2 Å². The van der Waals surface area contributed by atoms with E-state index in [1.165, 1.54) is 17.4 Å². The number of amides is 2. The number of benzene rings is 1. The molecular weight excluding hydrogens is 505 g/mol. The highest BCUT2D eigenvalue weighted by atomic mass is 32.1. The number of carbonyl (C=O) groups excluding carboxylic acids is 2. The summed E-state index contributed by atoms with van der Waals surface area (Å²) in [5.74, 6) is -0.960. The molecule has 1 aromatic heterocycles. The van der Waals surface area contributed by atoms with Gasteiger partial charge in [0.05, 0.1) is 22.0 Å². The maximum absolute atomic E-state index is 12.8. The molecule has 202 valence electrons. The fourth-order valence-electron chi connectivity index (χ4n) is 4.43. The predicted molar refractivity (Wildman–Crippen MR) is 136 cm³/mol. The van der Waals surface area contributed by atoms with E-state index in [2.05, 4.69) is 29.5 Å². The Hall–Kier alpha value is -2.79. The number of hydrogen-bond acceptors (Lipinski definition) is 6. The number of rotatable bonds is 9. The summed E-state index contributed by atoms with van der Waals surface area (Å²) in [4.78, 5) is 29.7. The summed E-state index contributed by atoms with van der Waals surface area (Å²) >= 11 is 1.54. The molecular formula is C26H33F3N4O3S. The third-order valence-corrected chi connectivity index (χ3v) is 8.07. The molecule has 0 unspecified atom stereocenters. The number of halogens is 3. The molecule has 1 aliphatic carbocycles. The van der Waals surface area contributed by atoms with Gasteiger partial charge in [-0.05, 0) is 56.7 Å². The molecule has 4 N–H and O–H groups in total. The Morgan fingerprint density at radius 1 is 1.24 bits per heavy atom. The van der Waals surface area contributed by atoms with Gasteiger partial charge >= 0.3 is 6.18 Å². The number of aromatic nitrogens is 1. The summed E-state index contributed by atoms with van der Waals surface area (Å²) in [6, 6.07) is 3.63. The van der Waals surface area contributed by atoms with Crippen molar-refractivity contribution in [3.63, 3.8) is 0 Å². The Labute approximate surface area is 218 Å². The van der Waals surface area contributed by atoms with Crippen LogP contribution in [0.4, 0.5) is 13.2 Å². The minimum absolute atomic E-state index is 0.0118. The lowest BCUT2D eigenvalue weighted by Gasteiger charge is -2.35. The van der Waals surface area contributed by atoms with Gasteiger partial charge in [0.25, 0.3) is 5.91 Å². The molecule has 0 aliphatic heterocycles. The Balaban J connectivity index is 1.43. The van der Waals surface area contributed by atoms with Crippen molar-refractivity contribution in [3.8, 4) is 0 Å². The summed E-state index contributed by atoms with van der Waals surface area (Å²) in [5.41, 5.74) is -1.55. The number of alkyl halides is 3. The normalized spacial score (nSPS) is 20.9. The van der Waals surface area contributed by atoms with Gasteiger partial charge in [-0.25, -0.2) is 4.98 Å². The molecule has 2 amide bonds. The number of nitrogens with one attached hydrogen (secondary N) is 3.